The maximum atomic E-state index is 12.6. The van der Waals surface area contributed by atoms with Crippen LogP contribution in [0.2, 0.25) is 0 Å². The number of aromatic nitrogens is 3. The van der Waals surface area contributed by atoms with Crippen LogP contribution >= 0.6 is 0 Å². The van der Waals surface area contributed by atoms with E-state index in [9.17, 15) is 13.2 Å². The standard InChI is InChI=1S/C16H18N4O5S/c1-3-20(4-2)26(22,23)12-7-8-15(21)19(10-12)11-14-17-16(18-25-14)13-6-5-9-24-13/h5-10H,3-4,11H2,1-2H3. The largest absolute Gasteiger partial charge is 0.461 e. The van der Waals surface area contributed by atoms with E-state index in [2.05, 4.69) is 10.1 Å². The van der Waals surface area contributed by atoms with Crippen LogP contribution < -0.4 is 5.56 Å². The van der Waals surface area contributed by atoms with E-state index in [0.717, 1.165) is 0 Å². The first-order valence-electron chi connectivity index (χ1n) is 8.02. The first-order chi connectivity index (χ1) is 12.5. The van der Waals surface area contributed by atoms with Gasteiger partial charge in [-0.05, 0) is 18.2 Å². The summed E-state index contributed by atoms with van der Waals surface area (Å²) in [7, 11) is -3.67. The molecule has 0 N–H and O–H groups in total. The molecule has 0 aliphatic rings. The zero-order chi connectivity index (χ0) is 18.7. The van der Waals surface area contributed by atoms with Gasteiger partial charge in [0.05, 0.1) is 11.2 Å². The van der Waals surface area contributed by atoms with Gasteiger partial charge < -0.3 is 13.5 Å². The second kappa shape index (κ2) is 7.26. The number of sulfonamides is 1. The molecule has 0 aliphatic heterocycles. The third-order valence-electron chi connectivity index (χ3n) is 3.81. The van der Waals surface area contributed by atoms with Gasteiger partial charge in [0.2, 0.25) is 21.7 Å². The zero-order valence-electron chi connectivity index (χ0n) is 14.3. The molecule has 3 aromatic rings. The highest BCUT2D eigenvalue weighted by molar-refractivity contribution is 7.89. The number of hydrogen-bond acceptors (Lipinski definition) is 7. The summed E-state index contributed by atoms with van der Waals surface area (Å²) in [5.74, 6) is 0.853. The summed E-state index contributed by atoms with van der Waals surface area (Å²) in [6.45, 7) is 4.15. The first kappa shape index (κ1) is 18.1. The van der Waals surface area contributed by atoms with Crippen molar-refractivity contribution < 1.29 is 17.4 Å². The molecular formula is C16H18N4O5S. The number of nitrogens with zero attached hydrogens (tertiary/aromatic N) is 4. The Morgan fingerprint density at radius 1 is 1.19 bits per heavy atom. The monoisotopic (exact) mass is 378 g/mol. The fraction of sp³-hybridized carbons (Fsp3) is 0.312. The van der Waals surface area contributed by atoms with E-state index in [0.29, 0.717) is 18.8 Å². The van der Waals surface area contributed by atoms with E-state index in [1.807, 2.05) is 0 Å². The first-order valence-corrected chi connectivity index (χ1v) is 9.46. The fourth-order valence-corrected chi connectivity index (χ4v) is 3.95. The Balaban J connectivity index is 1.91. The van der Waals surface area contributed by atoms with E-state index in [4.69, 9.17) is 8.94 Å². The van der Waals surface area contributed by atoms with Crippen LogP contribution in [0.15, 0.2) is 55.4 Å². The Bertz CT molecular complexity index is 1030. The molecule has 0 atom stereocenters. The van der Waals surface area contributed by atoms with Gasteiger partial charge in [0.1, 0.15) is 6.54 Å². The molecule has 3 heterocycles. The average molecular weight is 378 g/mol. The minimum absolute atomic E-state index is 0.0339. The van der Waals surface area contributed by atoms with E-state index < -0.39 is 10.0 Å². The van der Waals surface area contributed by atoms with E-state index in [1.165, 1.54) is 33.5 Å². The van der Waals surface area contributed by atoms with Crippen LogP contribution in [0.3, 0.4) is 0 Å². The molecule has 0 fully saturated rings. The van der Waals surface area contributed by atoms with Crippen LogP contribution in [-0.4, -0.2) is 40.5 Å². The third kappa shape index (κ3) is 3.46. The predicted octanol–water partition coefficient (Wildman–Crippen LogP) is 1.57. The van der Waals surface area contributed by atoms with Gasteiger partial charge >= 0.3 is 0 Å². The van der Waals surface area contributed by atoms with Gasteiger partial charge in [0.25, 0.3) is 5.56 Å². The summed E-state index contributed by atoms with van der Waals surface area (Å²) in [6.07, 6.45) is 2.77. The summed E-state index contributed by atoms with van der Waals surface area (Å²) in [6, 6.07) is 5.88. The normalized spacial score (nSPS) is 12.0. The van der Waals surface area contributed by atoms with Crippen molar-refractivity contribution >= 4 is 10.0 Å². The molecule has 3 rings (SSSR count). The lowest BCUT2D eigenvalue weighted by Gasteiger charge is -2.18. The summed E-state index contributed by atoms with van der Waals surface area (Å²) >= 11 is 0. The molecule has 0 saturated heterocycles. The van der Waals surface area contributed by atoms with Crippen LogP contribution in [0, 0.1) is 0 Å². The lowest BCUT2D eigenvalue weighted by molar-refractivity contribution is 0.368. The van der Waals surface area contributed by atoms with Gasteiger partial charge in [0.15, 0.2) is 5.76 Å². The molecule has 10 heteroatoms. The molecule has 0 aliphatic carbocycles. The van der Waals surface area contributed by atoms with Gasteiger partial charge in [-0.1, -0.05) is 19.0 Å². The van der Waals surface area contributed by atoms with Crippen molar-refractivity contribution in [1.29, 1.82) is 0 Å². The van der Waals surface area contributed by atoms with Crippen molar-refractivity contribution in [2.24, 2.45) is 0 Å². The van der Waals surface area contributed by atoms with Gasteiger partial charge in [-0.15, -0.1) is 0 Å². The predicted molar refractivity (Wildman–Crippen MR) is 91.9 cm³/mol. The highest BCUT2D eigenvalue weighted by Crippen LogP contribution is 2.17. The van der Waals surface area contributed by atoms with Crippen LogP contribution in [0.5, 0.6) is 0 Å². The highest BCUT2D eigenvalue weighted by atomic mass is 32.2. The number of furan rings is 1. The number of rotatable bonds is 7. The summed E-state index contributed by atoms with van der Waals surface area (Å²) in [5, 5.41) is 3.79. The van der Waals surface area contributed by atoms with Gasteiger partial charge in [0, 0.05) is 25.4 Å². The highest BCUT2D eigenvalue weighted by Gasteiger charge is 2.22. The molecule has 0 saturated carbocycles. The Kier molecular flexibility index (Phi) is 5.05. The molecule has 9 nitrogen and oxygen atoms in total. The maximum absolute atomic E-state index is 12.6. The van der Waals surface area contributed by atoms with Crippen molar-refractivity contribution in [3.05, 3.63) is 53.0 Å². The van der Waals surface area contributed by atoms with Crippen molar-refractivity contribution in [3.8, 4) is 11.6 Å². The third-order valence-corrected chi connectivity index (χ3v) is 5.85. The average Bonchev–Trinajstić information content (AvgIpc) is 3.29. The zero-order valence-corrected chi connectivity index (χ0v) is 15.1. The lowest BCUT2D eigenvalue weighted by Crippen LogP contribution is -2.32. The summed E-state index contributed by atoms with van der Waals surface area (Å²) in [4.78, 5) is 16.3. The topological polar surface area (TPSA) is 111 Å². The summed E-state index contributed by atoms with van der Waals surface area (Å²) in [5.41, 5.74) is -0.374. The Morgan fingerprint density at radius 2 is 1.96 bits per heavy atom. The maximum Gasteiger partial charge on any atom is 0.251 e. The molecule has 3 aromatic heterocycles. The smallest absolute Gasteiger partial charge is 0.251 e. The van der Waals surface area contributed by atoms with Crippen molar-refractivity contribution in [2.45, 2.75) is 25.3 Å². The molecule has 0 aromatic carbocycles. The summed E-state index contributed by atoms with van der Waals surface area (Å²) < 4.78 is 38.1. The lowest BCUT2D eigenvalue weighted by atomic mass is 10.4. The Morgan fingerprint density at radius 3 is 2.62 bits per heavy atom. The van der Waals surface area contributed by atoms with Crippen molar-refractivity contribution in [1.82, 2.24) is 19.0 Å². The Hall–Kier alpha value is -2.72. The van der Waals surface area contributed by atoms with Crippen molar-refractivity contribution in [3.63, 3.8) is 0 Å². The molecule has 26 heavy (non-hydrogen) atoms. The molecule has 0 bridgehead atoms. The minimum Gasteiger partial charge on any atom is -0.461 e. The quantitative estimate of drug-likeness (QED) is 0.613. The van der Waals surface area contributed by atoms with Crippen molar-refractivity contribution in [2.75, 3.05) is 13.1 Å². The van der Waals surface area contributed by atoms with Gasteiger partial charge in [-0.2, -0.15) is 9.29 Å². The van der Waals surface area contributed by atoms with Crippen LogP contribution in [0.25, 0.3) is 11.6 Å². The van der Waals surface area contributed by atoms with E-state index in [1.54, 1.807) is 26.0 Å². The Labute approximate surface area is 149 Å². The fourth-order valence-electron chi connectivity index (χ4n) is 2.47. The van der Waals surface area contributed by atoms with Crippen LogP contribution in [0.1, 0.15) is 19.7 Å². The molecular weight excluding hydrogens is 360 g/mol. The van der Waals surface area contributed by atoms with E-state index >= 15 is 0 Å². The number of pyridine rings is 1. The number of hydrogen-bond donors (Lipinski definition) is 0. The molecule has 0 unspecified atom stereocenters. The molecule has 0 amide bonds. The molecule has 0 radical (unpaired) electrons. The second-order valence-electron chi connectivity index (χ2n) is 5.41. The second-order valence-corrected chi connectivity index (χ2v) is 7.35. The van der Waals surface area contributed by atoms with E-state index in [-0.39, 0.29) is 28.7 Å². The van der Waals surface area contributed by atoms with Gasteiger partial charge in [-0.3, -0.25) is 4.79 Å². The van der Waals surface area contributed by atoms with Crippen LogP contribution in [0.4, 0.5) is 0 Å². The van der Waals surface area contributed by atoms with Gasteiger partial charge in [-0.25, -0.2) is 8.42 Å². The molecule has 138 valence electrons. The molecule has 0 spiro atoms. The SMILES string of the molecule is CCN(CC)S(=O)(=O)c1ccc(=O)n(Cc2nc(-c3ccco3)no2)c1. The van der Waals surface area contributed by atoms with Crippen LogP contribution in [-0.2, 0) is 16.6 Å². The minimum atomic E-state index is -3.67.